The zero-order valence-electron chi connectivity index (χ0n) is 13.7. The Morgan fingerprint density at radius 1 is 1.09 bits per heavy atom. The Bertz CT molecular complexity index is 440. The first-order chi connectivity index (χ1) is 10.4. The number of carbonyl (C=O) groups is 2. The maximum atomic E-state index is 12.2. The molecule has 1 heterocycles. The molecule has 126 valence electrons. The van der Waals surface area contributed by atoms with E-state index in [0.29, 0.717) is 13.1 Å². The molecule has 0 aromatic rings. The quantitative estimate of drug-likeness (QED) is 0.858. The molecule has 1 aliphatic carbocycles. The summed E-state index contributed by atoms with van der Waals surface area (Å²) in [4.78, 5) is 24.3. The molecule has 0 spiro atoms. The zero-order chi connectivity index (χ0) is 16.5. The van der Waals surface area contributed by atoms with E-state index in [0.717, 1.165) is 0 Å². The van der Waals surface area contributed by atoms with Gasteiger partial charge in [-0.15, -0.1) is 0 Å². The summed E-state index contributed by atoms with van der Waals surface area (Å²) in [5.41, 5.74) is -0.0646. The van der Waals surface area contributed by atoms with E-state index in [1.54, 1.807) is 13.8 Å². The van der Waals surface area contributed by atoms with Crippen molar-refractivity contribution in [3.05, 3.63) is 0 Å². The summed E-state index contributed by atoms with van der Waals surface area (Å²) in [5, 5.41) is 12.3. The lowest BCUT2D eigenvalue weighted by Gasteiger charge is -2.63. The van der Waals surface area contributed by atoms with Crippen LogP contribution in [0.4, 0.5) is 9.59 Å². The van der Waals surface area contributed by atoms with Crippen LogP contribution in [0.25, 0.3) is 0 Å². The third kappa shape index (κ3) is 2.62. The van der Waals surface area contributed by atoms with E-state index in [1.807, 2.05) is 0 Å². The van der Waals surface area contributed by atoms with E-state index >= 15 is 0 Å². The average Bonchev–Trinajstić information content (AvgIpc) is 2.47. The zero-order valence-corrected chi connectivity index (χ0v) is 13.7. The Morgan fingerprint density at radius 2 is 1.59 bits per heavy atom. The maximum absolute atomic E-state index is 12.2. The van der Waals surface area contributed by atoms with Crippen LogP contribution in [0.5, 0.6) is 0 Å². The van der Waals surface area contributed by atoms with Crippen molar-refractivity contribution in [2.45, 2.75) is 27.7 Å². The van der Waals surface area contributed by atoms with Gasteiger partial charge in [-0.25, -0.2) is 19.6 Å². The number of hydrogen-bond acceptors (Lipinski definition) is 5. The Morgan fingerprint density at radius 3 is 2.05 bits per heavy atom. The second kappa shape index (κ2) is 6.32. The maximum Gasteiger partial charge on any atom is 0.428 e. The summed E-state index contributed by atoms with van der Waals surface area (Å²) < 4.78 is 10.1. The fourth-order valence-electron chi connectivity index (χ4n) is 3.86. The molecular formula is C15H26N2O5. The molecule has 7 heteroatoms. The number of fused-ring (bicyclic) bond motifs is 1. The van der Waals surface area contributed by atoms with Gasteiger partial charge in [0.15, 0.2) is 0 Å². The van der Waals surface area contributed by atoms with Gasteiger partial charge in [0.25, 0.3) is 0 Å². The van der Waals surface area contributed by atoms with Crippen molar-refractivity contribution in [2.24, 2.45) is 23.2 Å². The van der Waals surface area contributed by atoms with Crippen LogP contribution in [-0.2, 0) is 9.47 Å². The minimum atomic E-state index is -0.546. The van der Waals surface area contributed by atoms with Gasteiger partial charge in [-0.2, -0.15) is 0 Å². The molecule has 1 saturated heterocycles. The number of hydrogen-bond donors (Lipinski definition) is 1. The predicted octanol–water partition coefficient (Wildman–Crippen LogP) is 1.71. The van der Waals surface area contributed by atoms with Crippen LogP contribution in [0, 0.1) is 23.2 Å². The third-order valence-corrected chi connectivity index (χ3v) is 5.14. The molecule has 0 radical (unpaired) electrons. The van der Waals surface area contributed by atoms with Crippen molar-refractivity contribution < 1.29 is 24.2 Å². The Labute approximate surface area is 131 Å². The van der Waals surface area contributed by atoms with Gasteiger partial charge in [0.05, 0.1) is 13.2 Å². The monoisotopic (exact) mass is 314 g/mol. The van der Waals surface area contributed by atoms with Crippen LogP contribution in [0.1, 0.15) is 27.7 Å². The number of aliphatic hydroxyl groups is 1. The Balaban J connectivity index is 2.19. The molecule has 2 aliphatic rings. The van der Waals surface area contributed by atoms with Gasteiger partial charge in [-0.05, 0) is 37.0 Å². The van der Waals surface area contributed by atoms with Gasteiger partial charge in [0.1, 0.15) is 0 Å². The van der Waals surface area contributed by atoms with Crippen molar-refractivity contribution >= 4 is 12.2 Å². The molecule has 2 fully saturated rings. The van der Waals surface area contributed by atoms with Gasteiger partial charge in [0.2, 0.25) is 0 Å². The number of nitrogens with zero attached hydrogens (tertiary/aromatic N) is 2. The van der Waals surface area contributed by atoms with E-state index < -0.39 is 12.2 Å². The van der Waals surface area contributed by atoms with E-state index in [9.17, 15) is 14.7 Å². The van der Waals surface area contributed by atoms with Gasteiger partial charge in [-0.3, -0.25) is 0 Å². The first-order valence-corrected chi connectivity index (χ1v) is 7.87. The smallest absolute Gasteiger partial charge is 0.428 e. The molecule has 3 atom stereocenters. The fourth-order valence-corrected chi connectivity index (χ4v) is 3.86. The number of ether oxygens (including phenoxy) is 2. The average molecular weight is 314 g/mol. The van der Waals surface area contributed by atoms with Crippen LogP contribution in [-0.4, -0.2) is 60.2 Å². The predicted molar refractivity (Wildman–Crippen MR) is 78.8 cm³/mol. The molecule has 1 saturated carbocycles. The van der Waals surface area contributed by atoms with E-state index in [-0.39, 0.29) is 43.0 Å². The van der Waals surface area contributed by atoms with Crippen LogP contribution in [0.15, 0.2) is 0 Å². The first kappa shape index (κ1) is 16.9. The number of amides is 2. The largest absolute Gasteiger partial charge is 0.448 e. The van der Waals surface area contributed by atoms with Crippen molar-refractivity contribution in [3.63, 3.8) is 0 Å². The van der Waals surface area contributed by atoms with Crippen LogP contribution in [0.2, 0.25) is 0 Å². The first-order valence-electron chi connectivity index (χ1n) is 7.87. The Kier molecular flexibility index (Phi) is 4.84. The summed E-state index contributed by atoms with van der Waals surface area (Å²) in [6.07, 6.45) is -1.08. The minimum absolute atomic E-state index is 0.0646. The van der Waals surface area contributed by atoms with Crippen LogP contribution < -0.4 is 0 Å². The molecule has 0 aromatic carbocycles. The van der Waals surface area contributed by atoms with Crippen molar-refractivity contribution in [3.8, 4) is 0 Å². The normalized spacial score (nSPS) is 29.4. The second-order valence-electron chi connectivity index (χ2n) is 6.44. The highest BCUT2D eigenvalue weighted by molar-refractivity contribution is 5.74. The van der Waals surface area contributed by atoms with E-state index in [2.05, 4.69) is 13.8 Å². The van der Waals surface area contributed by atoms with Gasteiger partial charge in [-0.1, -0.05) is 13.8 Å². The summed E-state index contributed by atoms with van der Waals surface area (Å²) in [6.45, 7) is 9.01. The Hall–Kier alpha value is -1.50. The van der Waals surface area contributed by atoms with Gasteiger partial charge in [0, 0.05) is 19.7 Å². The molecule has 7 nitrogen and oxygen atoms in total. The molecule has 0 aromatic heterocycles. The summed E-state index contributed by atoms with van der Waals surface area (Å²) in [7, 11) is 0. The summed E-state index contributed by atoms with van der Waals surface area (Å²) >= 11 is 0. The molecule has 22 heavy (non-hydrogen) atoms. The lowest BCUT2D eigenvalue weighted by molar-refractivity contribution is -0.197. The lowest BCUT2D eigenvalue weighted by atomic mass is 9.48. The topological polar surface area (TPSA) is 79.3 Å². The van der Waals surface area contributed by atoms with E-state index in [1.165, 1.54) is 10.0 Å². The SMILES string of the molecule is CCOC(=O)N1C[C@@H]2[C@@H](CO)C(C)(C)[C@@H]2CN1C(=O)OCC. The highest BCUT2D eigenvalue weighted by atomic mass is 16.6. The molecule has 0 bridgehead atoms. The van der Waals surface area contributed by atoms with Crippen molar-refractivity contribution in [1.29, 1.82) is 0 Å². The molecule has 1 N–H and O–H groups in total. The standard InChI is InChI=1S/C15H26N2O5/c1-5-21-13(19)16-7-10-11(15(3,4)12(10)9-18)8-17(16)14(20)22-6-2/h10-12,18H,5-9H2,1-4H3/t10-,11+,12+/m0/s1. The number of carbonyl (C=O) groups excluding carboxylic acids is 2. The summed E-state index contributed by atoms with van der Waals surface area (Å²) in [6, 6.07) is 0. The summed E-state index contributed by atoms with van der Waals surface area (Å²) in [5.74, 6) is 0.536. The van der Waals surface area contributed by atoms with Crippen molar-refractivity contribution in [1.82, 2.24) is 10.0 Å². The van der Waals surface area contributed by atoms with E-state index in [4.69, 9.17) is 9.47 Å². The van der Waals surface area contributed by atoms with Crippen molar-refractivity contribution in [2.75, 3.05) is 32.9 Å². The lowest BCUT2D eigenvalue weighted by Crippen LogP contribution is -2.69. The number of rotatable bonds is 3. The highest BCUT2D eigenvalue weighted by Gasteiger charge is 2.60. The molecule has 2 rings (SSSR count). The fraction of sp³-hybridized carbons (Fsp3) is 0.867. The number of aliphatic hydroxyl groups excluding tert-OH is 1. The van der Waals surface area contributed by atoms with Crippen LogP contribution in [0.3, 0.4) is 0 Å². The molecule has 2 amide bonds. The van der Waals surface area contributed by atoms with Gasteiger partial charge >= 0.3 is 12.2 Å². The second-order valence-corrected chi connectivity index (χ2v) is 6.44. The van der Waals surface area contributed by atoms with Gasteiger partial charge < -0.3 is 14.6 Å². The highest BCUT2D eigenvalue weighted by Crippen LogP contribution is 2.57. The molecule has 1 aliphatic heterocycles. The molecular weight excluding hydrogens is 288 g/mol. The van der Waals surface area contributed by atoms with Crippen LogP contribution >= 0.6 is 0 Å². The third-order valence-electron chi connectivity index (χ3n) is 5.14. The molecule has 0 unspecified atom stereocenters. The number of hydrazine groups is 1. The minimum Gasteiger partial charge on any atom is -0.448 e.